The van der Waals surface area contributed by atoms with E-state index in [-0.39, 0.29) is 20.0 Å². The predicted molar refractivity (Wildman–Crippen MR) is 90.0 cm³/mol. The lowest BCUT2D eigenvalue weighted by atomic mass is 10.1. The average Bonchev–Trinajstić information content (AvgIpc) is 2.37. The van der Waals surface area contributed by atoms with Gasteiger partial charge in [0, 0.05) is 11.8 Å². The summed E-state index contributed by atoms with van der Waals surface area (Å²) < 4.78 is 23.3. The Bertz CT molecular complexity index is 831. The molecule has 0 bridgehead atoms. The summed E-state index contributed by atoms with van der Waals surface area (Å²) >= 11 is 30.2. The molecule has 0 atom stereocenters. The lowest BCUT2D eigenvalue weighted by molar-refractivity contribution is 0.602. The Morgan fingerprint density at radius 2 is 1.43 bits per heavy atom. The first-order valence-corrected chi connectivity index (χ1v) is 9.24. The molecule has 0 N–H and O–H groups in total. The molecular formula is C13H7Cl5O2S. The van der Waals surface area contributed by atoms with Crippen LogP contribution in [0.1, 0.15) is 0 Å². The first-order valence-electron chi connectivity index (χ1n) is 5.46. The fraction of sp³-hybridized carbons (Fsp3) is 0.0769. The summed E-state index contributed by atoms with van der Waals surface area (Å²) in [6.45, 7) is 0. The molecule has 112 valence electrons. The summed E-state index contributed by atoms with van der Waals surface area (Å²) in [6.07, 6.45) is 1.03. The third kappa shape index (κ3) is 3.44. The third-order valence-electron chi connectivity index (χ3n) is 2.73. The van der Waals surface area contributed by atoms with E-state index in [4.69, 9.17) is 58.0 Å². The average molecular weight is 405 g/mol. The second-order valence-corrected chi connectivity index (χ2v) is 8.22. The van der Waals surface area contributed by atoms with Gasteiger partial charge in [-0.25, -0.2) is 8.42 Å². The molecule has 0 aromatic heterocycles. The second-order valence-electron chi connectivity index (χ2n) is 4.26. The van der Waals surface area contributed by atoms with Gasteiger partial charge in [-0.1, -0.05) is 64.1 Å². The van der Waals surface area contributed by atoms with Crippen molar-refractivity contribution >= 4 is 67.8 Å². The maximum Gasteiger partial charge on any atom is 0.177 e. The molecule has 0 amide bonds. The standard InChI is InChI=1S/C13H7Cl5O2S/c1-21(19,20)10-5-9(16)11(13(18)12(10)17)6-2-3-7(14)8(15)4-6/h2-5H,1H3. The van der Waals surface area contributed by atoms with Gasteiger partial charge in [-0.05, 0) is 23.8 Å². The van der Waals surface area contributed by atoms with E-state index < -0.39 is 9.84 Å². The van der Waals surface area contributed by atoms with Crippen LogP contribution in [-0.4, -0.2) is 14.7 Å². The van der Waals surface area contributed by atoms with Crippen LogP contribution in [0.2, 0.25) is 25.1 Å². The van der Waals surface area contributed by atoms with Crippen LogP contribution in [0, 0.1) is 0 Å². The highest BCUT2D eigenvalue weighted by Gasteiger charge is 2.21. The van der Waals surface area contributed by atoms with Gasteiger partial charge in [0.2, 0.25) is 0 Å². The monoisotopic (exact) mass is 402 g/mol. The Morgan fingerprint density at radius 1 is 0.810 bits per heavy atom. The highest BCUT2D eigenvalue weighted by Crippen LogP contribution is 2.43. The summed E-state index contributed by atoms with van der Waals surface area (Å²) in [5.41, 5.74) is 0.982. The minimum Gasteiger partial charge on any atom is -0.224 e. The topological polar surface area (TPSA) is 34.1 Å². The predicted octanol–water partition coefficient (Wildman–Crippen LogP) is 6.02. The maximum atomic E-state index is 11.7. The van der Waals surface area contributed by atoms with Crippen molar-refractivity contribution in [2.24, 2.45) is 0 Å². The van der Waals surface area contributed by atoms with Crippen LogP contribution < -0.4 is 0 Å². The van der Waals surface area contributed by atoms with E-state index in [1.54, 1.807) is 18.2 Å². The molecule has 0 heterocycles. The van der Waals surface area contributed by atoms with Crippen LogP contribution in [0.5, 0.6) is 0 Å². The molecule has 8 heteroatoms. The Hall–Kier alpha value is -0.160. The lowest BCUT2D eigenvalue weighted by Gasteiger charge is -2.13. The van der Waals surface area contributed by atoms with E-state index in [2.05, 4.69) is 0 Å². The van der Waals surface area contributed by atoms with E-state index in [1.165, 1.54) is 6.07 Å². The third-order valence-corrected chi connectivity index (χ3v) is 5.87. The van der Waals surface area contributed by atoms with Crippen LogP contribution in [0.15, 0.2) is 29.2 Å². The normalized spacial score (nSPS) is 11.7. The quantitative estimate of drug-likeness (QED) is 0.573. The molecule has 0 aliphatic heterocycles. The minimum atomic E-state index is -3.54. The van der Waals surface area contributed by atoms with Crippen molar-refractivity contribution in [3.63, 3.8) is 0 Å². The zero-order valence-electron chi connectivity index (χ0n) is 10.4. The van der Waals surface area contributed by atoms with Gasteiger partial charge in [0.05, 0.1) is 30.0 Å². The molecule has 0 fully saturated rings. The number of rotatable bonds is 2. The number of hydrogen-bond acceptors (Lipinski definition) is 2. The molecule has 0 saturated heterocycles. The molecule has 2 aromatic carbocycles. The number of halogens is 5. The van der Waals surface area contributed by atoms with Gasteiger partial charge in [0.1, 0.15) is 0 Å². The zero-order valence-corrected chi connectivity index (χ0v) is 15.0. The Kier molecular flexibility index (Phi) is 5.04. The highest BCUT2D eigenvalue weighted by molar-refractivity contribution is 7.90. The van der Waals surface area contributed by atoms with Crippen LogP contribution in [0.25, 0.3) is 11.1 Å². The van der Waals surface area contributed by atoms with Gasteiger partial charge in [-0.15, -0.1) is 0 Å². The molecule has 21 heavy (non-hydrogen) atoms. The number of hydrogen-bond donors (Lipinski definition) is 0. The largest absolute Gasteiger partial charge is 0.224 e. The summed E-state index contributed by atoms with van der Waals surface area (Å²) in [5, 5.41) is 0.826. The van der Waals surface area contributed by atoms with Crippen LogP contribution >= 0.6 is 58.0 Å². The van der Waals surface area contributed by atoms with E-state index >= 15 is 0 Å². The minimum absolute atomic E-state index is 0.0444. The molecule has 2 nitrogen and oxygen atoms in total. The molecule has 0 unspecified atom stereocenters. The van der Waals surface area contributed by atoms with Gasteiger partial charge in [-0.2, -0.15) is 0 Å². The Labute approximate surface area is 147 Å². The Morgan fingerprint density at radius 3 is 1.95 bits per heavy atom. The van der Waals surface area contributed by atoms with Crippen molar-refractivity contribution in [2.75, 3.05) is 6.26 Å². The van der Waals surface area contributed by atoms with Gasteiger partial charge in [0.15, 0.2) is 9.84 Å². The van der Waals surface area contributed by atoms with Crippen molar-refractivity contribution in [3.05, 3.63) is 49.4 Å². The van der Waals surface area contributed by atoms with Crippen molar-refractivity contribution in [1.29, 1.82) is 0 Å². The van der Waals surface area contributed by atoms with Gasteiger partial charge in [-0.3, -0.25) is 0 Å². The summed E-state index contributed by atoms with van der Waals surface area (Å²) in [4.78, 5) is -0.122. The van der Waals surface area contributed by atoms with E-state index in [0.717, 1.165) is 6.26 Å². The van der Waals surface area contributed by atoms with Crippen LogP contribution in [0.3, 0.4) is 0 Å². The summed E-state index contributed by atoms with van der Waals surface area (Å²) in [6, 6.07) is 6.10. The van der Waals surface area contributed by atoms with Gasteiger partial charge < -0.3 is 0 Å². The smallest absolute Gasteiger partial charge is 0.177 e. The van der Waals surface area contributed by atoms with Crippen molar-refractivity contribution in [2.45, 2.75) is 4.90 Å². The molecule has 0 saturated carbocycles. The van der Waals surface area contributed by atoms with Gasteiger partial charge in [0.25, 0.3) is 0 Å². The number of sulfone groups is 1. The first kappa shape index (κ1) is 17.2. The summed E-state index contributed by atoms with van der Waals surface area (Å²) in [5.74, 6) is 0. The molecule has 0 radical (unpaired) electrons. The van der Waals surface area contributed by atoms with Crippen LogP contribution in [0.4, 0.5) is 0 Å². The fourth-order valence-electron chi connectivity index (χ4n) is 1.76. The van der Waals surface area contributed by atoms with E-state index in [9.17, 15) is 8.42 Å². The van der Waals surface area contributed by atoms with E-state index in [1.807, 2.05) is 0 Å². The van der Waals surface area contributed by atoms with Gasteiger partial charge >= 0.3 is 0 Å². The van der Waals surface area contributed by atoms with Crippen molar-refractivity contribution in [1.82, 2.24) is 0 Å². The first-order chi connectivity index (χ1) is 9.62. The van der Waals surface area contributed by atoms with Crippen LogP contribution in [-0.2, 0) is 9.84 Å². The van der Waals surface area contributed by atoms with E-state index in [0.29, 0.717) is 21.2 Å². The molecule has 2 aromatic rings. The highest BCUT2D eigenvalue weighted by atomic mass is 35.5. The fourth-order valence-corrected chi connectivity index (χ4v) is 4.18. The Balaban J connectivity index is 2.77. The van der Waals surface area contributed by atoms with Crippen molar-refractivity contribution < 1.29 is 8.42 Å². The molecule has 2 rings (SSSR count). The summed E-state index contributed by atoms with van der Waals surface area (Å²) in [7, 11) is -3.54. The lowest BCUT2D eigenvalue weighted by Crippen LogP contribution is -2.00. The SMILES string of the molecule is CS(=O)(=O)c1cc(Cl)c(-c2ccc(Cl)c(Cl)c2)c(Cl)c1Cl. The molecule has 0 aliphatic carbocycles. The molecule has 0 spiro atoms. The van der Waals surface area contributed by atoms with Crippen molar-refractivity contribution in [3.8, 4) is 11.1 Å². The molecular weight excluding hydrogens is 397 g/mol. The number of benzene rings is 2. The second kappa shape index (κ2) is 6.15. The zero-order chi connectivity index (χ0) is 15.9. The molecule has 0 aliphatic rings. The maximum absolute atomic E-state index is 11.7.